The second-order valence-corrected chi connectivity index (χ2v) is 9.81. The minimum absolute atomic E-state index is 0.0702. The summed E-state index contributed by atoms with van der Waals surface area (Å²) in [6.45, 7) is 6.96. The largest absolute Gasteiger partial charge is 0.495 e. The number of nitriles is 1. The molecule has 2 aliphatic rings. The molecule has 0 radical (unpaired) electrons. The Morgan fingerprint density at radius 2 is 2.06 bits per heavy atom. The maximum Gasteiger partial charge on any atom is 0.241 e. The van der Waals surface area contributed by atoms with E-state index in [2.05, 4.69) is 54.9 Å². The van der Waals surface area contributed by atoms with Gasteiger partial charge in [-0.15, -0.1) is 0 Å². The number of methoxy groups -OCH3 is 1. The quantitative estimate of drug-likeness (QED) is 0.688. The van der Waals surface area contributed by atoms with Crippen molar-refractivity contribution >= 4 is 23.2 Å². The van der Waals surface area contributed by atoms with Gasteiger partial charge in [0.2, 0.25) is 11.8 Å². The van der Waals surface area contributed by atoms with Gasteiger partial charge in [0.05, 0.1) is 35.9 Å². The Labute approximate surface area is 188 Å². The van der Waals surface area contributed by atoms with Gasteiger partial charge < -0.3 is 20.7 Å². The van der Waals surface area contributed by atoms with Crippen LogP contribution in [-0.2, 0) is 21.4 Å². The molecule has 2 aliphatic heterocycles. The molecule has 166 valence electrons. The summed E-state index contributed by atoms with van der Waals surface area (Å²) < 4.78 is 5.31. The average Bonchev–Trinajstić information content (AvgIpc) is 3.30. The van der Waals surface area contributed by atoms with Gasteiger partial charge in [-0.05, 0) is 47.6 Å². The molecule has 32 heavy (non-hydrogen) atoms. The summed E-state index contributed by atoms with van der Waals surface area (Å²) in [5.41, 5.74) is 3.27. The van der Waals surface area contributed by atoms with Gasteiger partial charge in [-0.25, -0.2) is 0 Å². The van der Waals surface area contributed by atoms with Gasteiger partial charge >= 0.3 is 0 Å². The van der Waals surface area contributed by atoms with Crippen LogP contribution >= 0.6 is 0 Å². The van der Waals surface area contributed by atoms with Gasteiger partial charge in [0.25, 0.3) is 0 Å². The first-order valence-electron chi connectivity index (χ1n) is 10.7. The lowest BCUT2D eigenvalue weighted by molar-refractivity contribution is -0.120. The number of benzene rings is 2. The molecule has 7 nitrogen and oxygen atoms in total. The lowest BCUT2D eigenvalue weighted by Gasteiger charge is -2.23. The molecular formula is C25H28N4O3. The number of hydrogen-bond acceptors (Lipinski definition) is 5. The smallest absolute Gasteiger partial charge is 0.241 e. The maximum absolute atomic E-state index is 13.0. The van der Waals surface area contributed by atoms with Gasteiger partial charge in [0, 0.05) is 18.3 Å². The second kappa shape index (κ2) is 7.95. The van der Waals surface area contributed by atoms with Gasteiger partial charge in [-0.2, -0.15) is 5.26 Å². The summed E-state index contributed by atoms with van der Waals surface area (Å²) in [4.78, 5) is 26.0. The summed E-state index contributed by atoms with van der Waals surface area (Å²) in [6, 6.07) is 12.5. The average molecular weight is 433 g/mol. The summed E-state index contributed by atoms with van der Waals surface area (Å²) >= 11 is 0. The molecule has 2 heterocycles. The highest BCUT2D eigenvalue weighted by Crippen LogP contribution is 2.44. The second-order valence-electron chi connectivity index (χ2n) is 9.81. The first kappa shape index (κ1) is 21.8. The Kier molecular flexibility index (Phi) is 5.43. The van der Waals surface area contributed by atoms with Crippen LogP contribution in [0.4, 0.5) is 11.4 Å². The van der Waals surface area contributed by atoms with Crippen LogP contribution in [0.2, 0.25) is 0 Å². The van der Waals surface area contributed by atoms with Crippen LogP contribution in [0.3, 0.4) is 0 Å². The van der Waals surface area contributed by atoms with Crippen molar-refractivity contribution in [2.75, 3.05) is 24.3 Å². The van der Waals surface area contributed by atoms with E-state index in [9.17, 15) is 9.59 Å². The molecular weight excluding hydrogens is 404 g/mol. The molecule has 3 N–H and O–H groups in total. The molecule has 0 saturated carbocycles. The Morgan fingerprint density at radius 1 is 1.28 bits per heavy atom. The van der Waals surface area contributed by atoms with Gasteiger partial charge in [0.1, 0.15) is 5.75 Å². The van der Waals surface area contributed by atoms with Gasteiger partial charge in [-0.3, -0.25) is 9.59 Å². The highest BCUT2D eigenvalue weighted by atomic mass is 16.5. The SMILES string of the molecule is COc1cc(C#N)ccc1NC(=O)C1CC2(CN1)C(=O)Nc1ccc(CC(C)(C)C)cc12. The molecule has 2 unspecified atom stereocenters. The minimum Gasteiger partial charge on any atom is -0.495 e. The van der Waals surface area contributed by atoms with Crippen LogP contribution < -0.4 is 20.7 Å². The molecule has 2 amide bonds. The monoisotopic (exact) mass is 432 g/mol. The number of anilines is 2. The summed E-state index contributed by atoms with van der Waals surface area (Å²) in [7, 11) is 1.49. The van der Waals surface area contributed by atoms with E-state index in [1.165, 1.54) is 12.7 Å². The predicted octanol–water partition coefficient (Wildman–Crippen LogP) is 3.35. The molecule has 0 bridgehead atoms. The van der Waals surface area contributed by atoms with Crippen molar-refractivity contribution in [3.05, 3.63) is 53.1 Å². The Hall–Kier alpha value is -3.37. The van der Waals surface area contributed by atoms with Gasteiger partial charge in [-0.1, -0.05) is 32.9 Å². The van der Waals surface area contributed by atoms with E-state index in [1.807, 2.05) is 6.07 Å². The normalized spacial score (nSPS) is 21.7. The fourth-order valence-electron chi connectivity index (χ4n) is 4.62. The topological polar surface area (TPSA) is 103 Å². The van der Waals surface area contributed by atoms with Crippen molar-refractivity contribution < 1.29 is 14.3 Å². The number of hydrogen-bond donors (Lipinski definition) is 3. The first-order chi connectivity index (χ1) is 15.1. The molecule has 2 aromatic rings. The number of fused-ring (bicyclic) bond motifs is 2. The molecule has 1 fully saturated rings. The lowest BCUT2D eigenvalue weighted by Crippen LogP contribution is -2.36. The third kappa shape index (κ3) is 3.94. The fourth-order valence-corrected chi connectivity index (χ4v) is 4.62. The molecule has 0 aromatic heterocycles. The maximum atomic E-state index is 13.0. The van der Waals surface area contributed by atoms with E-state index in [4.69, 9.17) is 10.00 Å². The number of carbonyl (C=O) groups excluding carboxylic acids is 2. The zero-order chi connectivity index (χ0) is 23.1. The molecule has 0 aliphatic carbocycles. The number of nitrogens with zero attached hydrogens (tertiary/aromatic N) is 1. The number of carbonyl (C=O) groups is 2. The zero-order valence-corrected chi connectivity index (χ0v) is 18.8. The van der Waals surface area contributed by atoms with Crippen molar-refractivity contribution in [3.63, 3.8) is 0 Å². The third-order valence-corrected chi connectivity index (χ3v) is 6.12. The van der Waals surface area contributed by atoms with Crippen molar-refractivity contribution in [1.82, 2.24) is 5.32 Å². The zero-order valence-electron chi connectivity index (χ0n) is 18.8. The molecule has 1 saturated heterocycles. The van der Waals surface area contributed by atoms with E-state index < -0.39 is 11.5 Å². The van der Waals surface area contributed by atoms with Gasteiger partial charge in [0.15, 0.2) is 0 Å². The first-order valence-corrected chi connectivity index (χ1v) is 10.7. The van der Waals surface area contributed by atoms with Crippen LogP contribution in [-0.4, -0.2) is 31.5 Å². The van der Waals surface area contributed by atoms with Crippen molar-refractivity contribution in [2.24, 2.45) is 5.41 Å². The predicted molar refractivity (Wildman–Crippen MR) is 123 cm³/mol. The number of amides is 2. The van der Waals surface area contributed by atoms with E-state index in [-0.39, 0.29) is 17.2 Å². The molecule has 2 aromatic carbocycles. The van der Waals surface area contributed by atoms with Crippen LogP contribution in [0.1, 0.15) is 43.9 Å². The van der Waals surface area contributed by atoms with E-state index in [0.717, 1.165) is 17.7 Å². The van der Waals surface area contributed by atoms with Crippen molar-refractivity contribution in [1.29, 1.82) is 5.26 Å². The summed E-state index contributed by atoms with van der Waals surface area (Å²) in [6.07, 6.45) is 1.27. The third-order valence-electron chi connectivity index (χ3n) is 6.12. The van der Waals surface area contributed by atoms with E-state index in [1.54, 1.807) is 18.2 Å². The highest BCUT2D eigenvalue weighted by molar-refractivity contribution is 6.08. The van der Waals surface area contributed by atoms with Crippen molar-refractivity contribution in [2.45, 2.75) is 45.1 Å². The van der Waals surface area contributed by atoms with Crippen LogP contribution in [0, 0.1) is 16.7 Å². The van der Waals surface area contributed by atoms with Crippen LogP contribution in [0.15, 0.2) is 36.4 Å². The lowest BCUT2D eigenvalue weighted by atomic mass is 9.78. The Balaban J connectivity index is 1.56. The number of ether oxygens (including phenoxy) is 1. The van der Waals surface area contributed by atoms with E-state index >= 15 is 0 Å². The molecule has 7 heteroatoms. The van der Waals surface area contributed by atoms with Crippen molar-refractivity contribution in [3.8, 4) is 11.8 Å². The molecule has 4 rings (SSSR count). The summed E-state index contributed by atoms with van der Waals surface area (Å²) in [5, 5.41) is 18.2. The minimum atomic E-state index is -0.764. The molecule has 2 atom stereocenters. The molecule has 1 spiro atoms. The standard InChI is InChI=1S/C25H28N4O3/c1-24(2,3)11-15-5-7-18-17(9-15)25(23(31)29-18)12-20(27-14-25)22(30)28-19-8-6-16(13-26)10-21(19)32-4/h5-10,20,27H,11-12,14H2,1-4H3,(H,28,30)(H,29,31). The van der Waals surface area contributed by atoms with Crippen LogP contribution in [0.25, 0.3) is 0 Å². The van der Waals surface area contributed by atoms with Crippen LogP contribution in [0.5, 0.6) is 5.75 Å². The fraction of sp³-hybridized carbons (Fsp3) is 0.400. The number of nitrogens with one attached hydrogen (secondary N) is 3. The van der Waals surface area contributed by atoms with E-state index in [0.29, 0.717) is 30.0 Å². The Morgan fingerprint density at radius 3 is 2.75 bits per heavy atom. The number of rotatable bonds is 4. The summed E-state index contributed by atoms with van der Waals surface area (Å²) in [5.74, 6) is 0.108. The highest BCUT2D eigenvalue weighted by Gasteiger charge is 2.53. The Bertz CT molecular complexity index is 1130.